The summed E-state index contributed by atoms with van der Waals surface area (Å²) in [7, 11) is 0. The van der Waals surface area contributed by atoms with Gasteiger partial charge in [-0.1, -0.05) is 42.1 Å². The number of benzene rings is 1. The van der Waals surface area contributed by atoms with E-state index in [1.165, 1.54) is 11.8 Å². The zero-order valence-electron chi connectivity index (χ0n) is 8.40. The van der Waals surface area contributed by atoms with Crippen LogP contribution in [-0.2, 0) is 0 Å². The van der Waals surface area contributed by atoms with Gasteiger partial charge in [0.05, 0.1) is 5.70 Å². The molecule has 3 N–H and O–H groups in total. The van der Waals surface area contributed by atoms with E-state index in [4.69, 9.17) is 16.4 Å². The fourth-order valence-corrected chi connectivity index (χ4v) is 2.26. The Bertz CT molecular complexity index is 535. The number of thioether (sulfide) groups is 1. The Kier molecular flexibility index (Phi) is 2.80. The highest BCUT2D eigenvalue weighted by Gasteiger charge is 2.23. The SMILES string of the molecule is N#CC1=C(N)/C(=C/c2ccccc2)SC1=N. The first-order valence-corrected chi connectivity index (χ1v) is 5.48. The first kappa shape index (κ1) is 10.5. The zero-order chi connectivity index (χ0) is 11.5. The highest BCUT2D eigenvalue weighted by molar-refractivity contribution is 8.18. The Morgan fingerprint density at radius 1 is 1.31 bits per heavy atom. The number of nitrogens with two attached hydrogens (primary N) is 1. The summed E-state index contributed by atoms with van der Waals surface area (Å²) in [6.45, 7) is 0. The third-order valence-corrected chi connectivity index (χ3v) is 3.15. The molecule has 0 amide bonds. The van der Waals surface area contributed by atoms with Crippen LogP contribution < -0.4 is 5.73 Å². The molecule has 0 atom stereocenters. The molecule has 16 heavy (non-hydrogen) atoms. The van der Waals surface area contributed by atoms with Gasteiger partial charge in [0.15, 0.2) is 0 Å². The summed E-state index contributed by atoms with van der Waals surface area (Å²) in [6.07, 6.45) is 1.89. The van der Waals surface area contributed by atoms with Gasteiger partial charge in [0.1, 0.15) is 16.7 Å². The number of hydrogen-bond acceptors (Lipinski definition) is 4. The summed E-state index contributed by atoms with van der Waals surface area (Å²) >= 11 is 1.22. The lowest BCUT2D eigenvalue weighted by atomic mass is 10.1. The average Bonchev–Trinajstić information content (AvgIpc) is 2.55. The first-order chi connectivity index (χ1) is 7.72. The van der Waals surface area contributed by atoms with Gasteiger partial charge in [0.25, 0.3) is 0 Å². The summed E-state index contributed by atoms with van der Waals surface area (Å²) in [6, 6.07) is 11.7. The normalized spacial score (nSPS) is 17.9. The molecule has 78 valence electrons. The van der Waals surface area contributed by atoms with Crippen LogP contribution in [0.15, 0.2) is 46.5 Å². The molecule has 0 spiro atoms. The van der Waals surface area contributed by atoms with Crippen LogP contribution in [0.3, 0.4) is 0 Å². The van der Waals surface area contributed by atoms with Crippen LogP contribution in [0.5, 0.6) is 0 Å². The van der Waals surface area contributed by atoms with Crippen molar-refractivity contribution in [3.63, 3.8) is 0 Å². The van der Waals surface area contributed by atoms with Gasteiger partial charge in [-0.3, -0.25) is 5.41 Å². The third kappa shape index (κ3) is 1.86. The van der Waals surface area contributed by atoms with Crippen LogP contribution in [0.1, 0.15) is 5.56 Å². The molecule has 0 aliphatic carbocycles. The van der Waals surface area contributed by atoms with Crippen molar-refractivity contribution in [2.24, 2.45) is 5.73 Å². The summed E-state index contributed by atoms with van der Waals surface area (Å²) in [5.41, 5.74) is 7.49. The fourth-order valence-electron chi connectivity index (χ4n) is 1.38. The van der Waals surface area contributed by atoms with Gasteiger partial charge in [0, 0.05) is 4.91 Å². The van der Waals surface area contributed by atoms with Gasteiger partial charge in [-0.05, 0) is 11.6 Å². The Morgan fingerprint density at radius 2 is 2.00 bits per heavy atom. The molecule has 3 nitrogen and oxygen atoms in total. The van der Waals surface area contributed by atoms with E-state index in [1.807, 2.05) is 42.5 Å². The molecular formula is C12H9N3S. The van der Waals surface area contributed by atoms with E-state index in [-0.39, 0.29) is 10.6 Å². The van der Waals surface area contributed by atoms with E-state index in [0.717, 1.165) is 10.5 Å². The second-order valence-electron chi connectivity index (χ2n) is 3.25. The molecule has 1 aliphatic heterocycles. The maximum absolute atomic E-state index is 8.82. The lowest BCUT2D eigenvalue weighted by Gasteiger charge is -1.97. The van der Waals surface area contributed by atoms with Crippen molar-refractivity contribution < 1.29 is 0 Å². The number of hydrogen-bond donors (Lipinski definition) is 2. The minimum Gasteiger partial charge on any atom is -0.397 e. The number of rotatable bonds is 1. The van der Waals surface area contributed by atoms with E-state index in [1.54, 1.807) is 0 Å². The van der Waals surface area contributed by atoms with Gasteiger partial charge in [0.2, 0.25) is 0 Å². The van der Waals surface area contributed by atoms with Crippen LogP contribution in [0.2, 0.25) is 0 Å². The Hall–Kier alpha value is -1.99. The van der Waals surface area contributed by atoms with Crippen LogP contribution >= 0.6 is 11.8 Å². The molecule has 1 aliphatic rings. The minimum atomic E-state index is 0.224. The highest BCUT2D eigenvalue weighted by Crippen LogP contribution is 2.35. The van der Waals surface area contributed by atoms with E-state index >= 15 is 0 Å². The van der Waals surface area contributed by atoms with Crippen LogP contribution in [0, 0.1) is 16.7 Å². The van der Waals surface area contributed by atoms with Crippen LogP contribution in [0.25, 0.3) is 6.08 Å². The lowest BCUT2D eigenvalue weighted by Crippen LogP contribution is -1.98. The summed E-state index contributed by atoms with van der Waals surface area (Å²) < 4.78 is 0. The van der Waals surface area contributed by atoms with Gasteiger partial charge >= 0.3 is 0 Å². The molecule has 0 unspecified atom stereocenters. The molecule has 1 aromatic carbocycles. The van der Waals surface area contributed by atoms with Crippen molar-refractivity contribution in [1.29, 1.82) is 10.7 Å². The van der Waals surface area contributed by atoms with E-state index in [9.17, 15) is 0 Å². The second-order valence-corrected chi connectivity index (χ2v) is 4.30. The molecule has 0 bridgehead atoms. The molecule has 0 aromatic heterocycles. The van der Waals surface area contributed by atoms with E-state index in [0.29, 0.717) is 5.70 Å². The number of nitrogens with zero attached hydrogens (tertiary/aromatic N) is 1. The molecule has 0 fully saturated rings. The minimum absolute atomic E-state index is 0.224. The lowest BCUT2D eigenvalue weighted by molar-refractivity contribution is 1.38. The molecule has 0 saturated carbocycles. The van der Waals surface area contributed by atoms with Crippen LogP contribution in [0.4, 0.5) is 0 Å². The van der Waals surface area contributed by atoms with E-state index < -0.39 is 0 Å². The average molecular weight is 227 g/mol. The second kappa shape index (κ2) is 4.25. The summed E-state index contributed by atoms with van der Waals surface area (Å²) in [5, 5.41) is 16.6. The van der Waals surface area contributed by atoms with Crippen molar-refractivity contribution in [1.82, 2.24) is 0 Å². The fraction of sp³-hybridized carbons (Fsp3) is 0. The zero-order valence-corrected chi connectivity index (χ0v) is 9.21. The third-order valence-electron chi connectivity index (χ3n) is 2.18. The molecule has 4 heteroatoms. The van der Waals surface area contributed by atoms with Gasteiger partial charge < -0.3 is 5.73 Å². The molecular weight excluding hydrogens is 218 g/mol. The summed E-state index contributed by atoms with van der Waals surface area (Å²) in [5.74, 6) is 0. The molecule has 0 saturated heterocycles. The van der Waals surface area contributed by atoms with Crippen molar-refractivity contribution in [2.75, 3.05) is 0 Å². The largest absolute Gasteiger partial charge is 0.397 e. The molecule has 1 aromatic rings. The maximum Gasteiger partial charge on any atom is 0.112 e. The van der Waals surface area contributed by atoms with Crippen molar-refractivity contribution >= 4 is 22.9 Å². The van der Waals surface area contributed by atoms with E-state index in [2.05, 4.69) is 0 Å². The Balaban J connectivity index is 2.40. The monoisotopic (exact) mass is 227 g/mol. The van der Waals surface area contributed by atoms with Crippen molar-refractivity contribution in [3.8, 4) is 6.07 Å². The quantitative estimate of drug-likeness (QED) is 0.774. The number of nitrogens with one attached hydrogen (secondary N) is 1. The summed E-state index contributed by atoms with van der Waals surface area (Å²) in [4.78, 5) is 0.771. The first-order valence-electron chi connectivity index (χ1n) is 4.66. The van der Waals surface area contributed by atoms with Crippen LogP contribution in [-0.4, -0.2) is 5.04 Å². The van der Waals surface area contributed by atoms with Gasteiger partial charge in [-0.2, -0.15) is 5.26 Å². The Morgan fingerprint density at radius 3 is 2.56 bits per heavy atom. The molecule has 2 rings (SSSR count). The Labute approximate surface area is 97.8 Å². The number of nitriles is 1. The van der Waals surface area contributed by atoms with Crippen molar-refractivity contribution in [3.05, 3.63) is 52.1 Å². The predicted molar refractivity (Wildman–Crippen MR) is 66.6 cm³/mol. The van der Waals surface area contributed by atoms with Gasteiger partial charge in [-0.15, -0.1) is 0 Å². The maximum atomic E-state index is 8.82. The molecule has 0 radical (unpaired) electrons. The highest BCUT2D eigenvalue weighted by atomic mass is 32.2. The predicted octanol–water partition coefficient (Wildman–Crippen LogP) is 2.49. The standard InChI is InChI=1S/C12H9N3S/c13-7-9-11(14)10(16-12(9)15)6-8-4-2-1-3-5-8/h1-6,15H,14H2/b10-6-,15-12?. The topological polar surface area (TPSA) is 73.7 Å². The van der Waals surface area contributed by atoms with Crippen molar-refractivity contribution in [2.45, 2.75) is 0 Å². The smallest absolute Gasteiger partial charge is 0.112 e. The molecule has 1 heterocycles. The van der Waals surface area contributed by atoms with Gasteiger partial charge in [-0.25, -0.2) is 0 Å².